The molecular formula is C41H66O22. The van der Waals surface area contributed by atoms with Crippen LogP contribution in [-0.4, -0.2) is 227 Å². The van der Waals surface area contributed by atoms with Crippen LogP contribution in [-0.2, 0) is 42.7 Å². The molecule has 9 unspecified atom stereocenters. The molecule has 7 aliphatic rings. The Bertz CT molecular complexity index is 1480. The van der Waals surface area contributed by atoms with E-state index in [0.717, 1.165) is 0 Å². The number of hydrogen-bond donors (Lipinski definition) is 13. The second-order valence-corrected chi connectivity index (χ2v) is 18.4. The Hall–Kier alpha value is -1.59. The van der Waals surface area contributed by atoms with Crippen LogP contribution in [0.1, 0.15) is 64.2 Å². The van der Waals surface area contributed by atoms with Crippen molar-refractivity contribution in [3.05, 3.63) is 12.2 Å². The number of aliphatic hydroxyl groups is 13. The van der Waals surface area contributed by atoms with Gasteiger partial charge >= 0.3 is 5.97 Å². The average Bonchev–Trinajstić information content (AvgIpc) is 3.26. The molecule has 3 saturated carbocycles. The molecule has 7 rings (SSSR count). The summed E-state index contributed by atoms with van der Waals surface area (Å²) in [5.74, 6) is -1.80. The summed E-state index contributed by atoms with van der Waals surface area (Å²) in [6.45, 7) is -1.74. The van der Waals surface area contributed by atoms with Gasteiger partial charge in [0.2, 0.25) is 0 Å². The van der Waals surface area contributed by atoms with E-state index in [-0.39, 0.29) is 44.1 Å². The highest BCUT2D eigenvalue weighted by atomic mass is 16.8. The molecule has 4 saturated heterocycles. The molecule has 0 aromatic rings. The summed E-state index contributed by atoms with van der Waals surface area (Å²) in [6.07, 6.45) is -23.8. The lowest BCUT2D eigenvalue weighted by atomic mass is 9.72. The van der Waals surface area contributed by atoms with Gasteiger partial charge in [-0.3, -0.25) is 0 Å². The number of carbonyl (C=O) groups excluding carboxylic acids is 1. The van der Waals surface area contributed by atoms with Crippen molar-refractivity contribution < 1.29 is 109 Å². The van der Waals surface area contributed by atoms with E-state index in [1.54, 1.807) is 6.08 Å². The second-order valence-electron chi connectivity index (χ2n) is 18.4. The normalized spacial score (nSPS) is 51.1. The zero-order valence-electron chi connectivity index (χ0n) is 34.8. The lowest BCUT2D eigenvalue weighted by Gasteiger charge is -2.53. The summed E-state index contributed by atoms with van der Waals surface area (Å²) in [4.78, 5) is 12.8. The molecule has 0 aromatic carbocycles. The molecule has 3 aliphatic carbocycles. The van der Waals surface area contributed by atoms with Gasteiger partial charge < -0.3 is 104 Å². The van der Waals surface area contributed by atoms with Crippen molar-refractivity contribution in [1.29, 1.82) is 0 Å². The highest BCUT2D eigenvalue weighted by Crippen LogP contribution is 2.45. The summed E-state index contributed by atoms with van der Waals surface area (Å²) >= 11 is 0. The summed E-state index contributed by atoms with van der Waals surface area (Å²) in [5, 5.41) is 138. The molecular weight excluding hydrogens is 844 g/mol. The fourth-order valence-corrected chi connectivity index (χ4v) is 10.1. The Morgan fingerprint density at radius 1 is 0.571 bits per heavy atom. The van der Waals surface area contributed by atoms with Crippen molar-refractivity contribution in [3.8, 4) is 0 Å². The standard InChI is InChI=1S/C41H66O22/c42-13-27-31(50)33(52)36(55)40(61-27)59-25-11-19(44)10-24-20(25)12-26(37(58-24)17-4-7-21(45)22(46)9-17)60-41-38(63-39-35(54)30(49)23(47)14-57-39)34(53)32(51)28(62-41)15-56-29(48)8-3-16-1-5-18(43)6-2-16/h3,8,16-28,30-47,49-55H,1-2,4-7,9-15H2/t16?,17?,18?,19?,20?,21?,22?,23-,24?,25?,26?,27-,28-,30+,31-,32-,33+,34+,35-,36-,37?,38-,39+,40-,41-/m1/s1. The van der Waals surface area contributed by atoms with E-state index in [4.69, 9.17) is 37.9 Å². The maximum atomic E-state index is 12.8. The van der Waals surface area contributed by atoms with E-state index >= 15 is 0 Å². The quantitative estimate of drug-likeness (QED) is 0.0644. The smallest absolute Gasteiger partial charge is 0.330 e. The molecule has 13 N–H and O–H groups in total. The van der Waals surface area contributed by atoms with Gasteiger partial charge in [0.15, 0.2) is 18.9 Å². The number of aliphatic hydroxyl groups excluding tert-OH is 13. The number of rotatable bonds is 12. The minimum Gasteiger partial charge on any atom is -0.460 e. The van der Waals surface area contributed by atoms with Crippen LogP contribution in [0.5, 0.6) is 0 Å². The van der Waals surface area contributed by atoms with Gasteiger partial charge in [-0.15, -0.1) is 0 Å². The molecule has 22 nitrogen and oxygen atoms in total. The minimum absolute atomic E-state index is 0.00247. The third-order valence-electron chi connectivity index (χ3n) is 13.9. The van der Waals surface area contributed by atoms with Crippen molar-refractivity contribution >= 4 is 5.97 Å². The van der Waals surface area contributed by atoms with E-state index in [1.165, 1.54) is 6.08 Å². The molecule has 22 heteroatoms. The first kappa shape index (κ1) is 49.3. The van der Waals surface area contributed by atoms with Gasteiger partial charge in [-0.05, 0) is 69.6 Å². The monoisotopic (exact) mass is 910 g/mol. The largest absolute Gasteiger partial charge is 0.460 e. The van der Waals surface area contributed by atoms with Crippen LogP contribution < -0.4 is 0 Å². The molecule has 7 fully saturated rings. The second kappa shape index (κ2) is 21.6. The predicted molar refractivity (Wildman–Crippen MR) is 206 cm³/mol. The summed E-state index contributed by atoms with van der Waals surface area (Å²) < 4.78 is 48.3. The molecule has 63 heavy (non-hydrogen) atoms. The van der Waals surface area contributed by atoms with Crippen LogP contribution >= 0.6 is 0 Å². The number of fused-ring (bicyclic) bond motifs is 1. The molecule has 4 aliphatic heterocycles. The Morgan fingerprint density at radius 2 is 1.25 bits per heavy atom. The Labute approximate surface area is 363 Å². The number of ether oxygens (including phenoxy) is 8. The van der Waals surface area contributed by atoms with Crippen molar-refractivity contribution in [2.24, 2.45) is 17.8 Å². The fourth-order valence-electron chi connectivity index (χ4n) is 10.1. The van der Waals surface area contributed by atoms with Gasteiger partial charge in [0, 0.05) is 18.4 Å². The van der Waals surface area contributed by atoms with Crippen LogP contribution in [0.25, 0.3) is 0 Å². The van der Waals surface area contributed by atoms with Crippen molar-refractivity contribution in [2.45, 2.75) is 199 Å². The molecule has 0 aromatic heterocycles. The molecule has 23 atom stereocenters. The minimum atomic E-state index is -1.87. The van der Waals surface area contributed by atoms with Crippen LogP contribution in [0, 0.1) is 17.8 Å². The van der Waals surface area contributed by atoms with E-state index in [1.807, 2.05) is 0 Å². The van der Waals surface area contributed by atoms with Crippen LogP contribution in [0.3, 0.4) is 0 Å². The number of carbonyl (C=O) groups is 1. The van der Waals surface area contributed by atoms with Crippen molar-refractivity contribution in [2.75, 3.05) is 19.8 Å². The molecule has 0 amide bonds. The number of hydrogen-bond acceptors (Lipinski definition) is 22. The maximum absolute atomic E-state index is 12.8. The van der Waals surface area contributed by atoms with Crippen molar-refractivity contribution in [3.63, 3.8) is 0 Å². The Kier molecular flexibility index (Phi) is 16.9. The first-order valence-electron chi connectivity index (χ1n) is 22.2. The van der Waals surface area contributed by atoms with Gasteiger partial charge in [-0.2, -0.15) is 0 Å². The first-order chi connectivity index (χ1) is 30.0. The molecule has 362 valence electrons. The van der Waals surface area contributed by atoms with Gasteiger partial charge in [0.05, 0.1) is 62.0 Å². The first-order valence-corrected chi connectivity index (χ1v) is 22.2. The zero-order valence-corrected chi connectivity index (χ0v) is 34.8. The van der Waals surface area contributed by atoms with Gasteiger partial charge in [0.25, 0.3) is 0 Å². The van der Waals surface area contributed by atoms with Gasteiger partial charge in [-0.25, -0.2) is 4.79 Å². The third-order valence-corrected chi connectivity index (χ3v) is 13.9. The summed E-state index contributed by atoms with van der Waals surface area (Å²) in [7, 11) is 0. The Morgan fingerprint density at radius 3 is 1.97 bits per heavy atom. The zero-order chi connectivity index (χ0) is 45.3. The summed E-state index contributed by atoms with van der Waals surface area (Å²) in [5.41, 5.74) is 0. The van der Waals surface area contributed by atoms with E-state index in [0.29, 0.717) is 32.1 Å². The van der Waals surface area contributed by atoms with Gasteiger partial charge in [0.1, 0.15) is 73.8 Å². The van der Waals surface area contributed by atoms with Crippen LogP contribution in [0.2, 0.25) is 0 Å². The molecule has 0 bridgehead atoms. The average molecular weight is 911 g/mol. The SMILES string of the molecule is O=C(C=CC1CCC(O)CC1)OC[C@H]1O[C@@H](OC2CC3C(CC(O)CC3O[C@@H]3O[C@H](CO)[C@@H](O)[C@H](O)[C@H]3O)OC2C2CCC(O)C(O)C2)[C@H](O[C@@H]2OC[C@@H](O)[C@H](O)[C@H]2O)[C@@H](O)[C@@H]1O. The fraction of sp³-hybridized carbons (Fsp3) is 0.927. The highest BCUT2D eigenvalue weighted by Gasteiger charge is 2.55. The van der Waals surface area contributed by atoms with Crippen LogP contribution in [0.15, 0.2) is 12.2 Å². The lowest BCUT2D eigenvalue weighted by Crippen LogP contribution is -2.65. The Balaban J connectivity index is 1.14. The molecule has 4 heterocycles. The van der Waals surface area contributed by atoms with E-state index in [2.05, 4.69) is 0 Å². The maximum Gasteiger partial charge on any atom is 0.330 e. The van der Waals surface area contributed by atoms with Crippen molar-refractivity contribution in [1.82, 2.24) is 0 Å². The van der Waals surface area contributed by atoms with E-state index in [9.17, 15) is 71.2 Å². The predicted octanol–water partition coefficient (Wildman–Crippen LogP) is -5.07. The number of allylic oxidation sites excluding steroid dienone is 1. The van der Waals surface area contributed by atoms with Gasteiger partial charge in [-0.1, -0.05) is 6.08 Å². The highest BCUT2D eigenvalue weighted by molar-refractivity contribution is 5.81. The van der Waals surface area contributed by atoms with Crippen LogP contribution in [0.4, 0.5) is 0 Å². The number of esters is 1. The summed E-state index contributed by atoms with van der Waals surface area (Å²) in [6, 6.07) is 0. The molecule has 0 radical (unpaired) electrons. The van der Waals surface area contributed by atoms with E-state index < -0.39 is 166 Å². The topological polar surface area (TPSA) is 354 Å². The molecule has 0 spiro atoms. The lowest BCUT2D eigenvalue weighted by molar-refractivity contribution is -0.373. The third kappa shape index (κ3) is 11.4.